The molecule has 1 saturated heterocycles. The maximum Gasteiger partial charge on any atom is 0.236 e. The molecule has 0 radical (unpaired) electrons. The van der Waals surface area contributed by atoms with Gasteiger partial charge in [-0.3, -0.25) is 10.1 Å². The number of terminal acetylenes is 1. The van der Waals surface area contributed by atoms with Gasteiger partial charge in [-0.25, -0.2) is 0 Å². The fourth-order valence-electron chi connectivity index (χ4n) is 2.32. The summed E-state index contributed by atoms with van der Waals surface area (Å²) in [4.78, 5) is 13.8. The molecule has 1 aliphatic heterocycles. The SMILES string of the molecule is C#CCNCC(=O)N1CC(C)(C)OC(C)(C)C1. The highest BCUT2D eigenvalue weighted by atomic mass is 16.5. The third kappa shape index (κ3) is 4.37. The van der Waals surface area contributed by atoms with Crippen LogP contribution in [-0.2, 0) is 9.53 Å². The van der Waals surface area contributed by atoms with Crippen LogP contribution in [0, 0.1) is 12.3 Å². The molecule has 1 rings (SSSR count). The Balaban J connectivity index is 2.59. The summed E-state index contributed by atoms with van der Waals surface area (Å²) in [6.07, 6.45) is 5.12. The van der Waals surface area contributed by atoms with E-state index in [1.807, 2.05) is 32.6 Å². The molecule has 4 nitrogen and oxygen atoms in total. The van der Waals surface area contributed by atoms with Gasteiger partial charge >= 0.3 is 0 Å². The normalized spacial score (nSPS) is 21.9. The summed E-state index contributed by atoms with van der Waals surface area (Å²) >= 11 is 0. The third-order valence-corrected chi connectivity index (χ3v) is 2.55. The second-order valence-corrected chi connectivity index (χ2v) is 5.68. The van der Waals surface area contributed by atoms with Crippen molar-refractivity contribution in [2.75, 3.05) is 26.2 Å². The molecule has 0 aromatic heterocycles. The zero-order chi connectivity index (χ0) is 13.1. The molecule has 0 aliphatic carbocycles. The number of nitrogens with zero attached hydrogens (tertiary/aromatic N) is 1. The van der Waals surface area contributed by atoms with E-state index in [0.29, 0.717) is 19.6 Å². The highest BCUT2D eigenvalue weighted by Crippen LogP contribution is 2.27. The molecule has 1 aliphatic rings. The average molecular weight is 238 g/mol. The quantitative estimate of drug-likeness (QED) is 0.579. The molecular formula is C13H22N2O2. The topological polar surface area (TPSA) is 41.6 Å². The number of carbonyl (C=O) groups is 1. The number of nitrogens with one attached hydrogen (secondary N) is 1. The Kier molecular flexibility index (Phi) is 4.18. The third-order valence-electron chi connectivity index (χ3n) is 2.55. The number of morpholine rings is 1. The van der Waals surface area contributed by atoms with Gasteiger partial charge in [-0.15, -0.1) is 6.42 Å². The van der Waals surface area contributed by atoms with E-state index in [4.69, 9.17) is 11.2 Å². The fourth-order valence-corrected chi connectivity index (χ4v) is 2.32. The maximum atomic E-state index is 12.0. The van der Waals surface area contributed by atoms with Crippen LogP contribution < -0.4 is 5.32 Å². The summed E-state index contributed by atoms with van der Waals surface area (Å²) in [5.74, 6) is 2.53. The van der Waals surface area contributed by atoms with Gasteiger partial charge < -0.3 is 9.64 Å². The van der Waals surface area contributed by atoms with Gasteiger partial charge in [-0.1, -0.05) is 5.92 Å². The zero-order valence-corrected chi connectivity index (χ0v) is 11.2. The first kappa shape index (κ1) is 14.0. The largest absolute Gasteiger partial charge is 0.366 e. The molecule has 1 fully saturated rings. The van der Waals surface area contributed by atoms with Crippen LogP contribution in [0.1, 0.15) is 27.7 Å². The Morgan fingerprint density at radius 1 is 1.35 bits per heavy atom. The van der Waals surface area contributed by atoms with Crippen molar-refractivity contribution >= 4 is 5.91 Å². The van der Waals surface area contributed by atoms with Crippen LogP contribution in [0.3, 0.4) is 0 Å². The number of hydrogen-bond acceptors (Lipinski definition) is 3. The molecule has 0 atom stereocenters. The predicted molar refractivity (Wildman–Crippen MR) is 67.5 cm³/mol. The smallest absolute Gasteiger partial charge is 0.236 e. The van der Waals surface area contributed by atoms with Gasteiger partial charge in [0.1, 0.15) is 0 Å². The number of ether oxygens (including phenoxy) is 1. The van der Waals surface area contributed by atoms with Crippen LogP contribution in [0.25, 0.3) is 0 Å². The fraction of sp³-hybridized carbons (Fsp3) is 0.769. The minimum absolute atomic E-state index is 0.0738. The van der Waals surface area contributed by atoms with E-state index in [-0.39, 0.29) is 23.7 Å². The highest BCUT2D eigenvalue weighted by Gasteiger charge is 2.39. The van der Waals surface area contributed by atoms with Crippen LogP contribution in [-0.4, -0.2) is 48.2 Å². The Hall–Kier alpha value is -1.05. The molecule has 0 spiro atoms. The number of rotatable bonds is 3. The molecule has 1 heterocycles. The maximum absolute atomic E-state index is 12.0. The minimum atomic E-state index is -0.302. The lowest BCUT2D eigenvalue weighted by atomic mass is 9.99. The summed E-state index contributed by atoms with van der Waals surface area (Å²) in [6.45, 7) is 9.96. The van der Waals surface area contributed by atoms with Crippen molar-refractivity contribution in [3.63, 3.8) is 0 Å². The summed E-state index contributed by atoms with van der Waals surface area (Å²) < 4.78 is 5.92. The van der Waals surface area contributed by atoms with Crippen molar-refractivity contribution < 1.29 is 9.53 Å². The molecular weight excluding hydrogens is 216 g/mol. The molecule has 0 unspecified atom stereocenters. The van der Waals surface area contributed by atoms with Crippen LogP contribution in [0.2, 0.25) is 0 Å². The Labute approximate surface area is 104 Å². The predicted octanol–water partition coefficient (Wildman–Crippen LogP) is 0.625. The Bertz CT molecular complexity index is 313. The van der Waals surface area contributed by atoms with Crippen molar-refractivity contribution in [3.8, 4) is 12.3 Å². The van der Waals surface area contributed by atoms with Gasteiger partial charge in [-0.2, -0.15) is 0 Å². The average Bonchev–Trinajstić information content (AvgIpc) is 2.13. The van der Waals surface area contributed by atoms with Crippen molar-refractivity contribution in [1.29, 1.82) is 0 Å². The van der Waals surface area contributed by atoms with Crippen molar-refractivity contribution in [3.05, 3.63) is 0 Å². The van der Waals surface area contributed by atoms with Crippen LogP contribution in [0.5, 0.6) is 0 Å². The first-order chi connectivity index (χ1) is 7.76. The van der Waals surface area contributed by atoms with E-state index in [1.54, 1.807) is 0 Å². The minimum Gasteiger partial charge on any atom is -0.366 e. The van der Waals surface area contributed by atoms with Gasteiger partial charge in [0.15, 0.2) is 0 Å². The highest BCUT2D eigenvalue weighted by molar-refractivity contribution is 5.78. The number of carbonyl (C=O) groups excluding carboxylic acids is 1. The van der Waals surface area contributed by atoms with Crippen LogP contribution in [0.4, 0.5) is 0 Å². The van der Waals surface area contributed by atoms with Crippen molar-refractivity contribution in [2.45, 2.75) is 38.9 Å². The molecule has 0 bridgehead atoms. The Morgan fingerprint density at radius 2 is 1.88 bits per heavy atom. The van der Waals surface area contributed by atoms with Crippen molar-refractivity contribution in [1.82, 2.24) is 10.2 Å². The first-order valence-electron chi connectivity index (χ1n) is 5.88. The molecule has 1 amide bonds. The second kappa shape index (κ2) is 5.07. The van der Waals surface area contributed by atoms with E-state index in [1.165, 1.54) is 0 Å². The van der Waals surface area contributed by atoms with E-state index in [2.05, 4.69) is 11.2 Å². The van der Waals surface area contributed by atoms with E-state index in [0.717, 1.165) is 0 Å². The van der Waals surface area contributed by atoms with Gasteiger partial charge in [0.05, 0.1) is 24.3 Å². The summed E-state index contributed by atoms with van der Waals surface area (Å²) in [7, 11) is 0. The van der Waals surface area contributed by atoms with Crippen LogP contribution >= 0.6 is 0 Å². The lowest BCUT2D eigenvalue weighted by molar-refractivity contribution is -0.187. The lowest BCUT2D eigenvalue weighted by Crippen LogP contribution is -2.59. The summed E-state index contributed by atoms with van der Waals surface area (Å²) in [6, 6.07) is 0. The van der Waals surface area contributed by atoms with Gasteiger partial charge in [-0.05, 0) is 27.7 Å². The summed E-state index contributed by atoms with van der Waals surface area (Å²) in [5, 5.41) is 2.92. The first-order valence-corrected chi connectivity index (χ1v) is 5.88. The molecule has 4 heteroatoms. The van der Waals surface area contributed by atoms with Gasteiger partial charge in [0.2, 0.25) is 5.91 Å². The molecule has 0 aromatic rings. The monoisotopic (exact) mass is 238 g/mol. The lowest BCUT2D eigenvalue weighted by Gasteiger charge is -2.47. The molecule has 96 valence electrons. The Morgan fingerprint density at radius 3 is 2.35 bits per heavy atom. The van der Waals surface area contributed by atoms with Gasteiger partial charge in [0.25, 0.3) is 0 Å². The van der Waals surface area contributed by atoms with E-state index < -0.39 is 0 Å². The standard InChI is InChI=1S/C13H22N2O2/c1-6-7-14-8-11(16)15-9-12(2,3)17-13(4,5)10-15/h1,14H,7-10H2,2-5H3. The molecule has 0 saturated carbocycles. The second-order valence-electron chi connectivity index (χ2n) is 5.68. The van der Waals surface area contributed by atoms with Crippen LogP contribution in [0.15, 0.2) is 0 Å². The van der Waals surface area contributed by atoms with E-state index in [9.17, 15) is 4.79 Å². The van der Waals surface area contributed by atoms with Gasteiger partial charge in [0, 0.05) is 13.1 Å². The zero-order valence-electron chi connectivity index (χ0n) is 11.2. The molecule has 1 N–H and O–H groups in total. The van der Waals surface area contributed by atoms with E-state index >= 15 is 0 Å². The van der Waals surface area contributed by atoms with Crippen molar-refractivity contribution in [2.24, 2.45) is 0 Å². The molecule has 17 heavy (non-hydrogen) atoms. The number of amides is 1. The molecule has 0 aromatic carbocycles. The summed E-state index contributed by atoms with van der Waals surface area (Å²) in [5.41, 5.74) is -0.604. The number of hydrogen-bond donors (Lipinski definition) is 1.